The van der Waals surface area contributed by atoms with Crippen molar-refractivity contribution < 1.29 is 4.79 Å². The molecule has 1 aromatic heterocycles. The van der Waals surface area contributed by atoms with Gasteiger partial charge in [0.05, 0.1) is 16.0 Å². The minimum Gasteiger partial charge on any atom is -0.341 e. The number of carbonyl (C=O) groups is 1. The van der Waals surface area contributed by atoms with E-state index in [4.69, 9.17) is 0 Å². The van der Waals surface area contributed by atoms with Gasteiger partial charge in [0, 0.05) is 24.2 Å². The summed E-state index contributed by atoms with van der Waals surface area (Å²) < 4.78 is 1.20. The first-order valence-corrected chi connectivity index (χ1v) is 11.1. The molecule has 3 aromatic rings. The lowest BCUT2D eigenvalue weighted by Gasteiger charge is -2.17. The van der Waals surface area contributed by atoms with Crippen LogP contribution in [0, 0.1) is 0 Å². The normalized spacial score (nSPS) is 11.0. The van der Waals surface area contributed by atoms with Crippen molar-refractivity contribution in [3.63, 3.8) is 0 Å². The van der Waals surface area contributed by atoms with Crippen LogP contribution in [-0.2, 0) is 17.1 Å². The number of aromatic nitrogens is 1. The third kappa shape index (κ3) is 5.00. The highest BCUT2D eigenvalue weighted by molar-refractivity contribution is 7.99. The Morgan fingerprint density at radius 1 is 1.16 bits per heavy atom. The molecule has 3 rings (SSSR count). The summed E-state index contributed by atoms with van der Waals surface area (Å²) in [7, 11) is 1.86. The fourth-order valence-corrected chi connectivity index (χ4v) is 4.80. The predicted molar refractivity (Wildman–Crippen MR) is 110 cm³/mol. The molecular weight excluding hydrogens is 368 g/mol. The molecule has 2 aromatic carbocycles. The zero-order chi connectivity index (χ0) is 17.6. The van der Waals surface area contributed by atoms with Crippen LogP contribution in [0.1, 0.15) is 10.6 Å². The van der Waals surface area contributed by atoms with Crippen LogP contribution >= 0.6 is 34.9 Å². The molecule has 0 aliphatic carbocycles. The third-order valence-corrected chi connectivity index (χ3v) is 6.69. The second kappa shape index (κ2) is 8.74. The van der Waals surface area contributed by atoms with Gasteiger partial charge in [-0.3, -0.25) is 4.79 Å². The van der Waals surface area contributed by atoms with Crippen molar-refractivity contribution in [3.05, 3.63) is 59.1 Å². The van der Waals surface area contributed by atoms with E-state index in [1.165, 1.54) is 9.60 Å². The zero-order valence-corrected chi connectivity index (χ0v) is 16.7. The second-order valence-electron chi connectivity index (χ2n) is 5.67. The maximum atomic E-state index is 12.3. The van der Waals surface area contributed by atoms with Gasteiger partial charge in [0.15, 0.2) is 0 Å². The van der Waals surface area contributed by atoms with Crippen molar-refractivity contribution in [3.8, 4) is 0 Å². The number of para-hydroxylation sites is 1. The van der Waals surface area contributed by atoms with E-state index in [-0.39, 0.29) is 5.91 Å². The van der Waals surface area contributed by atoms with Crippen LogP contribution in [0.5, 0.6) is 0 Å². The summed E-state index contributed by atoms with van der Waals surface area (Å²) in [6.07, 6.45) is 2.06. The molecule has 1 heterocycles. The van der Waals surface area contributed by atoms with Crippen LogP contribution < -0.4 is 0 Å². The maximum Gasteiger partial charge on any atom is 0.232 e. The first-order chi connectivity index (χ1) is 12.2. The van der Waals surface area contributed by atoms with Crippen LogP contribution in [0.15, 0.2) is 53.4 Å². The molecule has 0 aliphatic heterocycles. The van der Waals surface area contributed by atoms with Crippen LogP contribution in [-0.4, -0.2) is 34.8 Å². The Bertz CT molecular complexity index is 812. The lowest BCUT2D eigenvalue weighted by molar-refractivity contribution is -0.127. The molecule has 0 atom stereocenters. The SMILES string of the molecule is CSc1ccc(CN(C)C(=O)CSCc2nc3ccccc3s2)cc1. The number of thioether (sulfide) groups is 2. The van der Waals surface area contributed by atoms with Gasteiger partial charge in [0.1, 0.15) is 5.01 Å². The predicted octanol–water partition coefficient (Wildman–Crippen LogP) is 4.91. The van der Waals surface area contributed by atoms with Crippen molar-refractivity contribution in [2.24, 2.45) is 0 Å². The van der Waals surface area contributed by atoms with Crippen molar-refractivity contribution in [2.75, 3.05) is 19.1 Å². The Morgan fingerprint density at radius 3 is 2.64 bits per heavy atom. The van der Waals surface area contributed by atoms with Crippen LogP contribution in [0.2, 0.25) is 0 Å². The van der Waals surface area contributed by atoms with E-state index < -0.39 is 0 Å². The van der Waals surface area contributed by atoms with Gasteiger partial charge in [0.25, 0.3) is 0 Å². The number of rotatable bonds is 7. The molecule has 0 radical (unpaired) electrons. The number of nitrogens with zero attached hydrogens (tertiary/aromatic N) is 2. The van der Waals surface area contributed by atoms with Gasteiger partial charge in [-0.15, -0.1) is 34.9 Å². The van der Waals surface area contributed by atoms with E-state index in [0.29, 0.717) is 12.3 Å². The van der Waals surface area contributed by atoms with E-state index in [0.717, 1.165) is 21.8 Å². The Kier molecular flexibility index (Phi) is 6.39. The van der Waals surface area contributed by atoms with Crippen molar-refractivity contribution >= 4 is 51.0 Å². The van der Waals surface area contributed by atoms with E-state index in [2.05, 4.69) is 41.6 Å². The number of amides is 1. The summed E-state index contributed by atoms with van der Waals surface area (Å²) in [5.41, 5.74) is 2.20. The smallest absolute Gasteiger partial charge is 0.232 e. The van der Waals surface area contributed by atoms with Gasteiger partial charge in [-0.25, -0.2) is 4.98 Å². The summed E-state index contributed by atoms with van der Waals surface area (Å²) in [4.78, 5) is 20.0. The summed E-state index contributed by atoms with van der Waals surface area (Å²) >= 11 is 5.06. The Labute approximate surface area is 160 Å². The second-order valence-corrected chi connectivity index (χ2v) is 8.65. The van der Waals surface area contributed by atoms with Crippen LogP contribution in [0.25, 0.3) is 10.2 Å². The van der Waals surface area contributed by atoms with Crippen LogP contribution in [0.3, 0.4) is 0 Å². The molecule has 3 nitrogen and oxygen atoms in total. The monoisotopic (exact) mass is 388 g/mol. The lowest BCUT2D eigenvalue weighted by Crippen LogP contribution is -2.27. The van der Waals surface area contributed by atoms with E-state index in [1.807, 2.05) is 25.2 Å². The highest BCUT2D eigenvalue weighted by Gasteiger charge is 2.11. The number of hydrogen-bond donors (Lipinski definition) is 0. The molecule has 0 saturated carbocycles. The Balaban J connectivity index is 1.47. The molecule has 0 fully saturated rings. The minimum absolute atomic E-state index is 0.153. The minimum atomic E-state index is 0.153. The number of fused-ring (bicyclic) bond motifs is 1. The number of carbonyl (C=O) groups excluding carboxylic acids is 1. The molecule has 1 amide bonds. The number of thiazole rings is 1. The molecule has 0 N–H and O–H groups in total. The summed E-state index contributed by atoms with van der Waals surface area (Å²) in [5, 5.41) is 1.08. The lowest BCUT2D eigenvalue weighted by atomic mass is 10.2. The zero-order valence-electron chi connectivity index (χ0n) is 14.3. The van der Waals surface area contributed by atoms with E-state index >= 15 is 0 Å². The van der Waals surface area contributed by atoms with Crippen molar-refractivity contribution in [1.82, 2.24) is 9.88 Å². The summed E-state index contributed by atoms with van der Waals surface area (Å²) in [5.74, 6) is 1.41. The molecule has 6 heteroatoms. The first-order valence-electron chi connectivity index (χ1n) is 7.95. The Hall–Kier alpha value is -1.50. The molecule has 0 unspecified atom stereocenters. The number of hydrogen-bond acceptors (Lipinski definition) is 5. The first kappa shape index (κ1) is 18.3. The van der Waals surface area contributed by atoms with E-state index in [1.54, 1.807) is 39.8 Å². The third-order valence-electron chi connectivity index (χ3n) is 3.79. The highest BCUT2D eigenvalue weighted by atomic mass is 32.2. The van der Waals surface area contributed by atoms with Gasteiger partial charge in [-0.2, -0.15) is 0 Å². The molecule has 0 bridgehead atoms. The molecule has 0 saturated heterocycles. The maximum absolute atomic E-state index is 12.3. The van der Waals surface area contributed by atoms with Crippen molar-refractivity contribution in [2.45, 2.75) is 17.2 Å². The molecule has 0 aliphatic rings. The van der Waals surface area contributed by atoms with Gasteiger partial charge < -0.3 is 4.90 Å². The highest BCUT2D eigenvalue weighted by Crippen LogP contribution is 2.25. The van der Waals surface area contributed by atoms with Gasteiger partial charge in [-0.05, 0) is 36.1 Å². The number of benzene rings is 2. The van der Waals surface area contributed by atoms with Gasteiger partial charge >= 0.3 is 0 Å². The summed E-state index contributed by atoms with van der Waals surface area (Å²) in [6.45, 7) is 0.648. The molecular formula is C19H20N2OS3. The average Bonchev–Trinajstić information content (AvgIpc) is 3.05. The van der Waals surface area contributed by atoms with Gasteiger partial charge in [0.2, 0.25) is 5.91 Å². The average molecular weight is 389 g/mol. The molecule has 0 spiro atoms. The van der Waals surface area contributed by atoms with Gasteiger partial charge in [-0.1, -0.05) is 24.3 Å². The standard InChI is InChI=1S/C19H20N2OS3/c1-21(11-14-7-9-15(23-2)10-8-14)19(22)13-24-12-18-20-16-5-3-4-6-17(16)25-18/h3-10H,11-13H2,1-2H3. The largest absolute Gasteiger partial charge is 0.341 e. The topological polar surface area (TPSA) is 33.2 Å². The van der Waals surface area contributed by atoms with Crippen LogP contribution in [0.4, 0.5) is 0 Å². The fourth-order valence-electron chi connectivity index (χ4n) is 2.41. The molecule has 130 valence electrons. The Morgan fingerprint density at radius 2 is 1.92 bits per heavy atom. The fraction of sp³-hybridized carbons (Fsp3) is 0.263. The summed E-state index contributed by atoms with van der Waals surface area (Å²) in [6, 6.07) is 16.5. The molecule has 25 heavy (non-hydrogen) atoms. The quantitative estimate of drug-likeness (QED) is 0.539. The van der Waals surface area contributed by atoms with Crippen molar-refractivity contribution in [1.29, 1.82) is 0 Å². The van der Waals surface area contributed by atoms with E-state index in [9.17, 15) is 4.79 Å².